The molecule has 4 atom stereocenters. The van der Waals surface area contributed by atoms with Gasteiger partial charge >= 0.3 is 0 Å². The minimum atomic E-state index is -0.680. The van der Waals surface area contributed by atoms with Gasteiger partial charge in [0.15, 0.2) is 11.6 Å². The van der Waals surface area contributed by atoms with E-state index in [1.807, 2.05) is 43.3 Å². The summed E-state index contributed by atoms with van der Waals surface area (Å²) < 4.78 is 0. The molecule has 1 saturated heterocycles. The molecule has 1 N–H and O–H groups in total. The van der Waals surface area contributed by atoms with Gasteiger partial charge in [0.25, 0.3) is 0 Å². The van der Waals surface area contributed by atoms with E-state index in [9.17, 15) is 24.3 Å². The minimum absolute atomic E-state index is 0.0573. The number of hydrogen-bond acceptors (Lipinski definition) is 5. The topological polar surface area (TPSA) is 91.8 Å². The Morgan fingerprint density at radius 2 is 1.77 bits per heavy atom. The highest BCUT2D eigenvalue weighted by molar-refractivity contribution is 6.25. The lowest BCUT2D eigenvalue weighted by Gasteiger charge is -2.42. The average molecular weight is 534 g/mol. The maximum absolute atomic E-state index is 14.0. The number of benzene rings is 2. The van der Waals surface area contributed by atoms with Crippen LogP contribution in [0.2, 0.25) is 0 Å². The highest BCUT2D eigenvalue weighted by atomic mass is 16.3. The van der Waals surface area contributed by atoms with Gasteiger partial charge < -0.3 is 5.11 Å². The van der Waals surface area contributed by atoms with Crippen LogP contribution >= 0.6 is 0 Å². The number of nitrogens with zero attached hydrogens (tertiary/aromatic N) is 1. The van der Waals surface area contributed by atoms with Gasteiger partial charge in [0, 0.05) is 28.2 Å². The molecule has 2 amide bonds. The number of aromatic hydroxyl groups is 1. The van der Waals surface area contributed by atoms with Gasteiger partial charge in [-0.3, -0.25) is 24.1 Å². The van der Waals surface area contributed by atoms with Crippen molar-refractivity contribution in [2.75, 3.05) is 4.90 Å². The summed E-state index contributed by atoms with van der Waals surface area (Å²) in [5, 5.41) is 11.3. The van der Waals surface area contributed by atoms with Gasteiger partial charge in [-0.05, 0) is 67.9 Å². The molecule has 1 fully saturated rings. The number of phenolic OH excluding ortho intramolecular Hbond substituents is 1. The van der Waals surface area contributed by atoms with Crippen molar-refractivity contribution in [1.29, 1.82) is 0 Å². The zero-order valence-electron chi connectivity index (χ0n) is 22.6. The Bertz CT molecular complexity index is 1590. The fraction of sp³-hybridized carbons (Fsp3) is 0.294. The second-order valence-electron chi connectivity index (χ2n) is 11.1. The number of para-hydroxylation sites is 1. The maximum atomic E-state index is 14.0. The van der Waals surface area contributed by atoms with Gasteiger partial charge in [0.1, 0.15) is 5.75 Å². The third-order valence-electron chi connectivity index (χ3n) is 8.99. The molecule has 1 aliphatic heterocycles. The van der Waals surface area contributed by atoms with E-state index in [1.165, 1.54) is 11.0 Å². The van der Waals surface area contributed by atoms with Crippen molar-refractivity contribution in [3.63, 3.8) is 0 Å². The molecule has 40 heavy (non-hydrogen) atoms. The van der Waals surface area contributed by atoms with Crippen molar-refractivity contribution >= 4 is 29.1 Å². The smallest absolute Gasteiger partial charge is 0.238 e. The molecule has 202 valence electrons. The normalized spacial score (nSPS) is 25.8. The van der Waals surface area contributed by atoms with Gasteiger partial charge in [-0.15, -0.1) is 6.58 Å². The van der Waals surface area contributed by atoms with Crippen LogP contribution in [0.3, 0.4) is 0 Å². The predicted molar refractivity (Wildman–Crippen MR) is 152 cm³/mol. The summed E-state index contributed by atoms with van der Waals surface area (Å²) in [5.74, 6) is -3.23. The molecule has 6 heteroatoms. The van der Waals surface area contributed by atoms with Gasteiger partial charge in [-0.2, -0.15) is 0 Å². The number of aryl methyl sites for hydroxylation is 1. The number of hydrogen-bond donors (Lipinski definition) is 1. The number of carbonyl (C=O) groups excluding carboxylic acids is 4. The number of carbonyl (C=O) groups is 4. The first-order valence-electron chi connectivity index (χ1n) is 13.9. The molecule has 2 aromatic rings. The van der Waals surface area contributed by atoms with E-state index in [0.29, 0.717) is 46.4 Å². The Balaban J connectivity index is 1.48. The molecule has 0 saturated carbocycles. The fourth-order valence-electron chi connectivity index (χ4n) is 7.02. The third kappa shape index (κ3) is 3.77. The van der Waals surface area contributed by atoms with Gasteiger partial charge in [-0.1, -0.05) is 55.0 Å². The number of Topliss-reactive ketones (excluding diaryl/α,β-unsaturated/α-hetero) is 1. The number of rotatable bonds is 5. The molecule has 4 unspecified atom stereocenters. The first-order chi connectivity index (χ1) is 19.3. The number of imide groups is 1. The summed E-state index contributed by atoms with van der Waals surface area (Å²) >= 11 is 0. The molecular formula is C34H31NO5. The van der Waals surface area contributed by atoms with Crippen LogP contribution < -0.4 is 4.90 Å². The number of allylic oxidation sites excluding steroid dienone is 7. The second kappa shape index (κ2) is 9.70. The van der Waals surface area contributed by atoms with Crippen molar-refractivity contribution in [1.82, 2.24) is 0 Å². The number of anilines is 1. The fourth-order valence-corrected chi connectivity index (χ4v) is 7.02. The first kappa shape index (κ1) is 25.9. The molecule has 6 rings (SSSR count). The van der Waals surface area contributed by atoms with E-state index in [0.717, 1.165) is 17.6 Å². The first-order valence-corrected chi connectivity index (χ1v) is 13.9. The van der Waals surface area contributed by atoms with Crippen LogP contribution in [-0.4, -0.2) is 28.5 Å². The summed E-state index contributed by atoms with van der Waals surface area (Å²) in [5.41, 5.74) is 4.79. The molecule has 1 heterocycles. The third-order valence-corrected chi connectivity index (χ3v) is 8.99. The predicted octanol–water partition coefficient (Wildman–Crippen LogP) is 5.32. The van der Waals surface area contributed by atoms with Crippen LogP contribution in [0.25, 0.3) is 0 Å². The van der Waals surface area contributed by atoms with Gasteiger partial charge in [0.2, 0.25) is 11.8 Å². The maximum Gasteiger partial charge on any atom is 0.238 e. The summed E-state index contributed by atoms with van der Waals surface area (Å²) in [7, 11) is 0. The van der Waals surface area contributed by atoms with E-state index < -0.39 is 23.7 Å². The summed E-state index contributed by atoms with van der Waals surface area (Å²) in [4.78, 5) is 55.8. The molecule has 4 aliphatic rings. The molecule has 0 aromatic heterocycles. The second-order valence-corrected chi connectivity index (χ2v) is 11.1. The lowest BCUT2D eigenvalue weighted by atomic mass is 9.59. The lowest BCUT2D eigenvalue weighted by Crippen LogP contribution is -2.39. The Kier molecular flexibility index (Phi) is 6.29. The zero-order valence-corrected chi connectivity index (χ0v) is 22.6. The van der Waals surface area contributed by atoms with Crippen molar-refractivity contribution in [2.45, 2.75) is 45.4 Å². The van der Waals surface area contributed by atoms with E-state index in [-0.39, 0.29) is 35.6 Å². The van der Waals surface area contributed by atoms with Crippen LogP contribution in [0, 0.1) is 17.8 Å². The zero-order chi connectivity index (χ0) is 28.3. The monoisotopic (exact) mass is 533 g/mol. The SMILES string of the molecule is C=CCc1cccc(C2C3=CCC4C(=O)N(c5ccc(CC)cc5)C(=O)C4C3CC3=C2C(=O)C(C)=CC3=O)c1O. The average Bonchev–Trinajstić information content (AvgIpc) is 3.21. The number of fused-ring (bicyclic) bond motifs is 3. The standard InChI is InChI=1S/C34H31NO5/c1-4-7-20-8-6-9-23(32(20)38)28-22-14-15-24-29(25(22)17-26-27(36)16-18(3)31(37)30(26)28)34(40)35(33(24)39)21-12-10-19(5-2)11-13-21/h4,6,8-14,16,24-25,28-29,38H,1,5,7,15,17H2,2-3H3. The Labute approximate surface area is 233 Å². The van der Waals surface area contributed by atoms with Crippen LogP contribution in [0.5, 0.6) is 5.75 Å². The summed E-state index contributed by atoms with van der Waals surface area (Å²) in [6, 6.07) is 12.9. The van der Waals surface area contributed by atoms with Crippen molar-refractivity contribution in [3.8, 4) is 5.75 Å². The minimum Gasteiger partial charge on any atom is -0.507 e. The summed E-state index contributed by atoms with van der Waals surface area (Å²) in [6.07, 6.45) is 6.89. The molecular weight excluding hydrogens is 502 g/mol. The summed E-state index contributed by atoms with van der Waals surface area (Å²) in [6.45, 7) is 7.46. The van der Waals surface area contributed by atoms with Crippen molar-refractivity contribution in [3.05, 3.63) is 106 Å². The van der Waals surface area contributed by atoms with E-state index in [4.69, 9.17) is 0 Å². The Morgan fingerprint density at radius 3 is 2.48 bits per heavy atom. The number of ketones is 2. The van der Waals surface area contributed by atoms with Crippen LogP contribution in [-0.2, 0) is 32.0 Å². The van der Waals surface area contributed by atoms with Gasteiger partial charge in [-0.25, -0.2) is 0 Å². The highest BCUT2D eigenvalue weighted by Crippen LogP contribution is 2.56. The van der Waals surface area contributed by atoms with Crippen LogP contribution in [0.1, 0.15) is 49.3 Å². The lowest BCUT2D eigenvalue weighted by molar-refractivity contribution is -0.123. The molecule has 0 spiro atoms. The quantitative estimate of drug-likeness (QED) is 0.319. The number of amides is 2. The number of phenols is 1. The largest absolute Gasteiger partial charge is 0.507 e. The van der Waals surface area contributed by atoms with Crippen LogP contribution in [0.15, 0.2) is 89.6 Å². The Morgan fingerprint density at radius 1 is 1.02 bits per heavy atom. The van der Waals surface area contributed by atoms with E-state index in [1.54, 1.807) is 25.1 Å². The highest BCUT2D eigenvalue weighted by Gasteiger charge is 2.56. The molecule has 3 aliphatic carbocycles. The van der Waals surface area contributed by atoms with Crippen molar-refractivity contribution in [2.24, 2.45) is 17.8 Å². The molecule has 6 nitrogen and oxygen atoms in total. The molecule has 0 bridgehead atoms. The van der Waals surface area contributed by atoms with Crippen LogP contribution in [0.4, 0.5) is 5.69 Å². The van der Waals surface area contributed by atoms with Gasteiger partial charge in [0.05, 0.1) is 17.5 Å². The Hall–Kier alpha value is -4.32. The molecule has 2 aromatic carbocycles. The van der Waals surface area contributed by atoms with E-state index >= 15 is 0 Å². The molecule has 0 radical (unpaired) electrons. The van der Waals surface area contributed by atoms with E-state index in [2.05, 4.69) is 6.58 Å². The van der Waals surface area contributed by atoms with Crippen molar-refractivity contribution < 1.29 is 24.3 Å².